The highest BCUT2D eigenvalue weighted by Crippen LogP contribution is 2.29. The van der Waals surface area contributed by atoms with E-state index >= 15 is 0 Å². The highest BCUT2D eigenvalue weighted by atomic mass is 35.5. The Bertz CT molecular complexity index is 681. The van der Waals surface area contributed by atoms with Gasteiger partial charge in [-0.25, -0.2) is 9.78 Å². The Morgan fingerprint density at radius 1 is 1.53 bits per heavy atom. The van der Waals surface area contributed by atoms with Gasteiger partial charge in [0.25, 0.3) is 5.69 Å². The Morgan fingerprint density at radius 2 is 2.21 bits per heavy atom. The first-order chi connectivity index (χ1) is 8.90. The number of imidazole rings is 1. The highest BCUT2D eigenvalue weighted by Gasteiger charge is 2.16. The summed E-state index contributed by atoms with van der Waals surface area (Å²) in [5, 5.41) is 19.5. The molecule has 0 aliphatic rings. The van der Waals surface area contributed by atoms with Crippen LogP contribution in [0.1, 0.15) is 16.1 Å². The summed E-state index contributed by atoms with van der Waals surface area (Å²) in [6.45, 7) is 1.67. The van der Waals surface area contributed by atoms with Crippen LogP contribution in [0, 0.1) is 17.0 Å². The van der Waals surface area contributed by atoms with Crippen molar-refractivity contribution in [2.45, 2.75) is 6.92 Å². The van der Waals surface area contributed by atoms with Crippen molar-refractivity contribution < 1.29 is 14.8 Å². The van der Waals surface area contributed by atoms with Crippen LogP contribution in [0.2, 0.25) is 5.02 Å². The van der Waals surface area contributed by atoms with Crippen LogP contribution >= 0.6 is 11.6 Å². The number of halogens is 1. The average Bonchev–Trinajstić information content (AvgIpc) is 2.80. The van der Waals surface area contributed by atoms with Crippen LogP contribution in [-0.4, -0.2) is 25.6 Å². The Morgan fingerprint density at radius 3 is 2.74 bits per heavy atom. The molecule has 8 heteroatoms. The number of carboxylic acids is 1. The fourth-order valence-electron chi connectivity index (χ4n) is 1.64. The Balaban J connectivity index is 2.53. The standard InChI is InChI=1S/C11H8ClN3O4/c1-6-2-10(15(18)19)7(12)3-9(6)14-4-8(11(16)17)13-5-14/h2-5H,1H3,(H,16,17). The number of aryl methyl sites for hydroxylation is 1. The second-order valence-corrected chi connectivity index (χ2v) is 4.23. The van der Waals surface area contributed by atoms with E-state index in [2.05, 4.69) is 4.98 Å². The lowest BCUT2D eigenvalue weighted by Gasteiger charge is -2.07. The molecule has 0 fully saturated rings. The van der Waals surface area contributed by atoms with Crippen LogP contribution in [0.25, 0.3) is 5.69 Å². The highest BCUT2D eigenvalue weighted by molar-refractivity contribution is 6.32. The summed E-state index contributed by atoms with van der Waals surface area (Å²) in [7, 11) is 0. The van der Waals surface area contributed by atoms with E-state index < -0.39 is 10.9 Å². The summed E-state index contributed by atoms with van der Waals surface area (Å²) >= 11 is 5.82. The number of carboxylic acid groups (broad SMARTS) is 1. The molecule has 2 rings (SSSR count). The number of rotatable bonds is 3. The van der Waals surface area contributed by atoms with Gasteiger partial charge in [0.1, 0.15) is 11.3 Å². The van der Waals surface area contributed by atoms with Crippen molar-refractivity contribution in [1.29, 1.82) is 0 Å². The predicted molar refractivity (Wildman–Crippen MR) is 66.9 cm³/mol. The Kier molecular flexibility index (Phi) is 3.22. The quantitative estimate of drug-likeness (QED) is 0.688. The molecule has 7 nitrogen and oxygen atoms in total. The van der Waals surface area contributed by atoms with E-state index in [0.29, 0.717) is 11.3 Å². The molecule has 0 aliphatic carbocycles. The number of nitro benzene ring substituents is 1. The molecule has 0 saturated heterocycles. The normalized spacial score (nSPS) is 10.4. The van der Waals surface area contributed by atoms with Crippen molar-refractivity contribution in [3.8, 4) is 5.69 Å². The second kappa shape index (κ2) is 4.69. The zero-order chi connectivity index (χ0) is 14.2. The molecule has 1 aromatic heterocycles. The molecular weight excluding hydrogens is 274 g/mol. The van der Waals surface area contributed by atoms with Crippen molar-refractivity contribution in [3.05, 3.63) is 51.1 Å². The lowest BCUT2D eigenvalue weighted by atomic mass is 10.2. The minimum atomic E-state index is -1.15. The SMILES string of the molecule is Cc1cc([N+](=O)[O-])c(Cl)cc1-n1cnc(C(=O)O)c1. The molecule has 1 aromatic carbocycles. The first-order valence-corrected chi connectivity index (χ1v) is 5.50. The number of carbonyl (C=O) groups is 1. The van der Waals surface area contributed by atoms with Crippen molar-refractivity contribution in [1.82, 2.24) is 9.55 Å². The number of nitro groups is 1. The van der Waals surface area contributed by atoms with Gasteiger partial charge in [-0.1, -0.05) is 11.6 Å². The molecule has 98 valence electrons. The van der Waals surface area contributed by atoms with Gasteiger partial charge in [0.05, 0.1) is 10.6 Å². The van der Waals surface area contributed by atoms with E-state index in [-0.39, 0.29) is 16.4 Å². The summed E-state index contributed by atoms with van der Waals surface area (Å²) in [5.74, 6) is -1.15. The lowest BCUT2D eigenvalue weighted by molar-refractivity contribution is -0.384. The first kappa shape index (κ1) is 13.0. The van der Waals surface area contributed by atoms with Crippen LogP contribution in [0.4, 0.5) is 5.69 Å². The molecule has 1 N–H and O–H groups in total. The third-order valence-corrected chi connectivity index (χ3v) is 2.84. The van der Waals surface area contributed by atoms with Crippen molar-refractivity contribution >= 4 is 23.3 Å². The minimum Gasteiger partial charge on any atom is -0.476 e. The minimum absolute atomic E-state index is 0.0174. The Hall–Kier alpha value is -2.41. The maximum absolute atomic E-state index is 10.7. The van der Waals surface area contributed by atoms with Gasteiger partial charge in [-0.3, -0.25) is 10.1 Å². The van der Waals surface area contributed by atoms with Crippen molar-refractivity contribution in [2.24, 2.45) is 0 Å². The molecule has 0 radical (unpaired) electrons. The largest absolute Gasteiger partial charge is 0.476 e. The molecule has 0 amide bonds. The number of nitrogens with zero attached hydrogens (tertiary/aromatic N) is 3. The summed E-state index contributed by atoms with van der Waals surface area (Å²) in [6, 6.07) is 2.74. The van der Waals surface area contributed by atoms with Gasteiger partial charge in [0, 0.05) is 12.3 Å². The molecule has 0 bridgehead atoms. The molecule has 19 heavy (non-hydrogen) atoms. The van der Waals surface area contributed by atoms with E-state index in [9.17, 15) is 14.9 Å². The fourth-order valence-corrected chi connectivity index (χ4v) is 1.87. The second-order valence-electron chi connectivity index (χ2n) is 3.82. The van der Waals surface area contributed by atoms with Gasteiger partial charge in [0.2, 0.25) is 0 Å². The number of hydrogen-bond acceptors (Lipinski definition) is 4. The lowest BCUT2D eigenvalue weighted by Crippen LogP contribution is -1.98. The van der Waals surface area contributed by atoms with Gasteiger partial charge in [0.15, 0.2) is 5.69 Å². The maximum atomic E-state index is 10.7. The predicted octanol–water partition coefficient (Wildman–Crippen LogP) is 2.44. The van der Waals surface area contributed by atoms with Crippen LogP contribution in [-0.2, 0) is 0 Å². The van der Waals surface area contributed by atoms with Crippen molar-refractivity contribution in [3.63, 3.8) is 0 Å². The smallest absolute Gasteiger partial charge is 0.356 e. The van der Waals surface area contributed by atoms with Crippen LogP contribution in [0.5, 0.6) is 0 Å². The van der Waals surface area contributed by atoms with Gasteiger partial charge in [-0.05, 0) is 18.6 Å². The van der Waals surface area contributed by atoms with Crippen LogP contribution in [0.15, 0.2) is 24.7 Å². The monoisotopic (exact) mass is 281 g/mol. The number of benzene rings is 1. The first-order valence-electron chi connectivity index (χ1n) is 5.12. The van der Waals surface area contributed by atoms with Gasteiger partial charge < -0.3 is 9.67 Å². The summed E-state index contributed by atoms with van der Waals surface area (Å²) < 4.78 is 1.45. The molecule has 0 unspecified atom stereocenters. The molecule has 0 aliphatic heterocycles. The van der Waals surface area contributed by atoms with Gasteiger partial charge >= 0.3 is 5.97 Å². The number of hydrogen-bond donors (Lipinski definition) is 1. The van der Waals surface area contributed by atoms with E-state index in [1.54, 1.807) is 6.92 Å². The molecule has 0 saturated carbocycles. The summed E-state index contributed by atoms with van der Waals surface area (Å²) in [5.41, 5.74) is 0.816. The van der Waals surface area contributed by atoms with E-state index in [1.807, 2.05) is 0 Å². The Labute approximate surface area is 112 Å². The van der Waals surface area contributed by atoms with E-state index in [0.717, 1.165) is 0 Å². The number of aromatic carboxylic acids is 1. The summed E-state index contributed by atoms with van der Waals surface area (Å²) in [4.78, 5) is 24.6. The third-order valence-electron chi connectivity index (χ3n) is 2.54. The molecule has 0 atom stereocenters. The maximum Gasteiger partial charge on any atom is 0.356 e. The summed E-state index contributed by atoms with van der Waals surface area (Å²) in [6.07, 6.45) is 2.63. The van der Waals surface area contributed by atoms with Crippen LogP contribution in [0.3, 0.4) is 0 Å². The topological polar surface area (TPSA) is 98.3 Å². The fraction of sp³-hybridized carbons (Fsp3) is 0.0909. The van der Waals surface area contributed by atoms with Crippen LogP contribution < -0.4 is 0 Å². The average molecular weight is 282 g/mol. The van der Waals surface area contributed by atoms with E-state index in [1.165, 1.54) is 29.2 Å². The molecule has 2 aromatic rings. The molecule has 1 heterocycles. The van der Waals surface area contributed by atoms with E-state index in [4.69, 9.17) is 16.7 Å². The van der Waals surface area contributed by atoms with Gasteiger partial charge in [-0.15, -0.1) is 0 Å². The zero-order valence-corrected chi connectivity index (χ0v) is 10.5. The number of aromatic nitrogens is 2. The van der Waals surface area contributed by atoms with Crippen molar-refractivity contribution in [2.75, 3.05) is 0 Å². The zero-order valence-electron chi connectivity index (χ0n) is 9.70. The third kappa shape index (κ3) is 2.41. The van der Waals surface area contributed by atoms with Gasteiger partial charge in [-0.2, -0.15) is 0 Å². The molecular formula is C11H8ClN3O4. The molecule has 0 spiro atoms.